The van der Waals surface area contributed by atoms with Gasteiger partial charge in [0, 0.05) is 13.1 Å². The summed E-state index contributed by atoms with van der Waals surface area (Å²) in [5, 5.41) is 5.75. The third kappa shape index (κ3) is 2.65. The van der Waals surface area contributed by atoms with E-state index >= 15 is 0 Å². The summed E-state index contributed by atoms with van der Waals surface area (Å²) in [4.78, 5) is 11.2. The Labute approximate surface area is 139 Å². The van der Waals surface area contributed by atoms with Crippen molar-refractivity contribution in [2.24, 2.45) is 0 Å². The van der Waals surface area contributed by atoms with Crippen LogP contribution in [-0.2, 0) is 0 Å². The van der Waals surface area contributed by atoms with E-state index in [9.17, 15) is 0 Å². The Morgan fingerprint density at radius 3 is 2.48 bits per heavy atom. The van der Waals surface area contributed by atoms with Crippen LogP contribution in [0.3, 0.4) is 0 Å². The minimum absolute atomic E-state index is 0.270. The third-order valence-corrected chi connectivity index (χ3v) is 4.48. The van der Waals surface area contributed by atoms with Crippen LogP contribution in [0.4, 0.5) is 5.82 Å². The van der Waals surface area contributed by atoms with Crippen molar-refractivity contribution in [1.29, 1.82) is 0 Å². The second-order valence-corrected chi connectivity index (χ2v) is 6.33. The lowest BCUT2D eigenvalue weighted by atomic mass is 10.1. The average molecular weight is 328 g/mol. The molecule has 1 aliphatic heterocycles. The molecule has 0 N–H and O–H groups in total. The van der Waals surface area contributed by atoms with Crippen molar-refractivity contribution in [2.75, 3.05) is 18.0 Å². The van der Waals surface area contributed by atoms with Gasteiger partial charge in [0.25, 0.3) is 0 Å². The summed E-state index contributed by atoms with van der Waals surface area (Å²) in [6.07, 6.45) is 5.50. The molecule has 2 aromatic heterocycles. The highest BCUT2D eigenvalue weighted by Crippen LogP contribution is 2.28. The van der Waals surface area contributed by atoms with E-state index in [4.69, 9.17) is 11.6 Å². The maximum absolute atomic E-state index is 6.19. The van der Waals surface area contributed by atoms with Gasteiger partial charge in [-0.05, 0) is 49.9 Å². The Bertz CT molecular complexity index is 834. The summed E-state index contributed by atoms with van der Waals surface area (Å²) < 4.78 is 1.83. The van der Waals surface area contributed by atoms with Crippen LogP contribution in [0.5, 0.6) is 0 Å². The first-order valence-electron chi connectivity index (χ1n) is 7.95. The first-order chi connectivity index (χ1) is 11.2. The second kappa shape index (κ2) is 5.81. The topological polar surface area (TPSA) is 46.8 Å². The number of benzene rings is 1. The number of rotatable bonds is 2. The van der Waals surface area contributed by atoms with E-state index in [0.29, 0.717) is 0 Å². The molecule has 5 nitrogen and oxygen atoms in total. The molecular weight excluding hydrogens is 310 g/mol. The van der Waals surface area contributed by atoms with E-state index in [2.05, 4.69) is 39.0 Å². The second-order valence-electron chi connectivity index (χ2n) is 5.99. The Kier molecular flexibility index (Phi) is 3.65. The van der Waals surface area contributed by atoms with Gasteiger partial charge in [-0.15, -0.1) is 0 Å². The molecule has 4 rings (SSSR count). The molecule has 23 heavy (non-hydrogen) atoms. The maximum atomic E-state index is 6.19. The van der Waals surface area contributed by atoms with Crippen LogP contribution in [0.25, 0.3) is 16.7 Å². The van der Waals surface area contributed by atoms with E-state index in [0.717, 1.165) is 35.6 Å². The molecule has 0 aliphatic carbocycles. The molecule has 0 spiro atoms. The first-order valence-corrected chi connectivity index (χ1v) is 8.33. The molecule has 118 valence electrons. The van der Waals surface area contributed by atoms with Crippen molar-refractivity contribution in [3.05, 3.63) is 41.3 Å². The van der Waals surface area contributed by atoms with Crippen LogP contribution in [0.2, 0.25) is 5.28 Å². The molecule has 0 radical (unpaired) electrons. The molecule has 3 aromatic rings. The monoisotopic (exact) mass is 327 g/mol. The summed E-state index contributed by atoms with van der Waals surface area (Å²) in [5.41, 5.74) is 2.95. The maximum Gasteiger partial charge on any atom is 0.226 e. The van der Waals surface area contributed by atoms with Crippen molar-refractivity contribution in [3.63, 3.8) is 0 Å². The highest BCUT2D eigenvalue weighted by atomic mass is 35.5. The van der Waals surface area contributed by atoms with E-state index in [-0.39, 0.29) is 5.28 Å². The highest BCUT2D eigenvalue weighted by Gasteiger charge is 2.19. The summed E-state index contributed by atoms with van der Waals surface area (Å²) in [6, 6.07) is 8.21. The lowest BCUT2D eigenvalue weighted by Gasteiger charge is -2.28. The summed E-state index contributed by atoms with van der Waals surface area (Å²) in [6.45, 7) is 4.09. The standard InChI is InChI=1S/C17H18ClN5/c1-12-5-7-13(8-6-12)23-16-14(11-19-23)15(20-17(18)21-16)22-9-3-2-4-10-22/h5-8,11H,2-4,9-10H2,1H3. The molecule has 1 aromatic carbocycles. The van der Waals surface area contributed by atoms with E-state index in [1.807, 2.05) is 23.0 Å². The van der Waals surface area contributed by atoms with Gasteiger partial charge in [0.05, 0.1) is 17.3 Å². The molecule has 0 atom stereocenters. The zero-order valence-corrected chi connectivity index (χ0v) is 13.8. The van der Waals surface area contributed by atoms with Crippen LogP contribution >= 0.6 is 11.6 Å². The van der Waals surface area contributed by atoms with Gasteiger partial charge in [0.15, 0.2) is 5.65 Å². The zero-order valence-electron chi connectivity index (χ0n) is 13.0. The van der Waals surface area contributed by atoms with Crippen molar-refractivity contribution >= 4 is 28.5 Å². The van der Waals surface area contributed by atoms with Crippen LogP contribution in [0.15, 0.2) is 30.5 Å². The van der Waals surface area contributed by atoms with Crippen LogP contribution in [0, 0.1) is 6.92 Å². The normalized spacial score (nSPS) is 15.3. The molecular formula is C17H18ClN5. The fraction of sp³-hybridized carbons (Fsp3) is 0.353. The fourth-order valence-electron chi connectivity index (χ4n) is 3.09. The minimum atomic E-state index is 0.270. The first kappa shape index (κ1) is 14.5. The van der Waals surface area contributed by atoms with Gasteiger partial charge in [0.2, 0.25) is 5.28 Å². The Morgan fingerprint density at radius 1 is 1.00 bits per heavy atom. The summed E-state index contributed by atoms with van der Waals surface area (Å²) in [7, 11) is 0. The van der Waals surface area contributed by atoms with Gasteiger partial charge in [-0.1, -0.05) is 17.7 Å². The van der Waals surface area contributed by atoms with Crippen LogP contribution < -0.4 is 4.90 Å². The molecule has 1 saturated heterocycles. The Hall–Kier alpha value is -2.14. The number of nitrogens with zero attached hydrogens (tertiary/aromatic N) is 5. The largest absolute Gasteiger partial charge is 0.356 e. The SMILES string of the molecule is Cc1ccc(-n2ncc3c(N4CCCCC4)nc(Cl)nc32)cc1. The number of hydrogen-bond donors (Lipinski definition) is 0. The number of halogens is 1. The number of hydrogen-bond acceptors (Lipinski definition) is 4. The molecule has 3 heterocycles. The zero-order chi connectivity index (χ0) is 15.8. The van der Waals surface area contributed by atoms with Gasteiger partial charge < -0.3 is 4.90 Å². The molecule has 0 unspecified atom stereocenters. The fourth-order valence-corrected chi connectivity index (χ4v) is 3.25. The van der Waals surface area contributed by atoms with Crippen molar-refractivity contribution in [1.82, 2.24) is 19.7 Å². The predicted octanol–water partition coefficient (Wildman–Crippen LogP) is 3.77. The Balaban J connectivity index is 1.85. The smallest absolute Gasteiger partial charge is 0.226 e. The molecule has 0 amide bonds. The Morgan fingerprint density at radius 2 is 1.74 bits per heavy atom. The van der Waals surface area contributed by atoms with Crippen molar-refractivity contribution < 1.29 is 0 Å². The number of aromatic nitrogens is 4. The van der Waals surface area contributed by atoms with Crippen molar-refractivity contribution in [2.45, 2.75) is 26.2 Å². The van der Waals surface area contributed by atoms with Gasteiger partial charge in [-0.3, -0.25) is 0 Å². The van der Waals surface area contributed by atoms with E-state index < -0.39 is 0 Å². The lowest BCUT2D eigenvalue weighted by Crippen LogP contribution is -2.30. The van der Waals surface area contributed by atoms with Crippen LogP contribution in [0.1, 0.15) is 24.8 Å². The van der Waals surface area contributed by atoms with E-state index in [1.165, 1.54) is 24.8 Å². The third-order valence-electron chi connectivity index (χ3n) is 4.32. The molecule has 0 bridgehead atoms. The van der Waals surface area contributed by atoms with Gasteiger partial charge >= 0.3 is 0 Å². The number of fused-ring (bicyclic) bond motifs is 1. The molecule has 1 aliphatic rings. The quantitative estimate of drug-likeness (QED) is 0.672. The van der Waals surface area contributed by atoms with Gasteiger partial charge in [-0.2, -0.15) is 15.1 Å². The average Bonchev–Trinajstić information content (AvgIpc) is 2.99. The summed E-state index contributed by atoms with van der Waals surface area (Å²) in [5.74, 6) is 0.901. The molecule has 6 heteroatoms. The number of anilines is 1. The molecule has 0 saturated carbocycles. The van der Waals surface area contributed by atoms with Gasteiger partial charge in [-0.25, -0.2) is 4.68 Å². The number of piperidine rings is 1. The minimum Gasteiger partial charge on any atom is -0.356 e. The van der Waals surface area contributed by atoms with Crippen molar-refractivity contribution in [3.8, 4) is 5.69 Å². The van der Waals surface area contributed by atoms with Gasteiger partial charge in [0.1, 0.15) is 5.82 Å². The lowest BCUT2D eigenvalue weighted by molar-refractivity contribution is 0.574. The predicted molar refractivity (Wildman–Crippen MR) is 92.5 cm³/mol. The number of aryl methyl sites for hydroxylation is 1. The molecule has 1 fully saturated rings. The summed E-state index contributed by atoms with van der Waals surface area (Å²) >= 11 is 6.19. The van der Waals surface area contributed by atoms with E-state index in [1.54, 1.807) is 0 Å². The highest BCUT2D eigenvalue weighted by molar-refractivity contribution is 6.28. The van der Waals surface area contributed by atoms with Crippen LogP contribution in [-0.4, -0.2) is 32.8 Å².